The number of hydrogen-bond acceptors (Lipinski definition) is 7. The molecule has 4 amide bonds. The van der Waals surface area contributed by atoms with E-state index in [1.807, 2.05) is 53.1 Å². The number of nitrogens with one attached hydrogen (secondary N) is 2. The molecule has 7 rings (SSSR count). The molecular weight excluding hydrogens is 634 g/mol. The summed E-state index contributed by atoms with van der Waals surface area (Å²) in [6.07, 6.45) is 3.09. The largest absolute Gasteiger partial charge is 0.436 e. The number of aromatic nitrogens is 1. The van der Waals surface area contributed by atoms with Crippen LogP contribution in [-0.4, -0.2) is 132 Å². The number of likely N-dealkylation sites (tertiary alicyclic amines) is 2. The quantitative estimate of drug-likeness (QED) is 0.407. The van der Waals surface area contributed by atoms with E-state index in [4.69, 9.17) is 4.74 Å². The van der Waals surface area contributed by atoms with Gasteiger partial charge in [-0.2, -0.15) is 0 Å². The van der Waals surface area contributed by atoms with E-state index in [9.17, 15) is 19.2 Å². The van der Waals surface area contributed by atoms with Gasteiger partial charge in [0, 0.05) is 76.1 Å². The van der Waals surface area contributed by atoms with Gasteiger partial charge in [0.05, 0.1) is 5.52 Å². The fraction of sp³-hybridized carbons (Fsp3) is 0.526. The van der Waals surface area contributed by atoms with Crippen molar-refractivity contribution in [3.63, 3.8) is 0 Å². The summed E-state index contributed by atoms with van der Waals surface area (Å²) in [7, 11) is 2.17. The van der Waals surface area contributed by atoms with Gasteiger partial charge in [0.25, 0.3) is 5.91 Å². The number of benzene rings is 2. The van der Waals surface area contributed by atoms with E-state index >= 15 is 0 Å². The molecule has 3 fully saturated rings. The third-order valence-corrected chi connectivity index (χ3v) is 11.2. The first kappa shape index (κ1) is 34.0. The van der Waals surface area contributed by atoms with Crippen LogP contribution in [0.25, 0.3) is 10.9 Å². The molecule has 2 aromatic carbocycles. The lowest BCUT2D eigenvalue weighted by atomic mass is 10.00. The molecule has 0 saturated carbocycles. The summed E-state index contributed by atoms with van der Waals surface area (Å²) < 4.78 is 6.13. The number of fused-ring (bicyclic) bond motifs is 2. The number of rotatable bonds is 6. The van der Waals surface area contributed by atoms with Crippen LogP contribution in [0.3, 0.4) is 0 Å². The molecule has 4 aliphatic heterocycles. The number of ether oxygens (including phenoxy) is 1. The second kappa shape index (κ2) is 14.8. The molecule has 50 heavy (non-hydrogen) atoms. The highest BCUT2D eigenvalue weighted by Gasteiger charge is 2.36. The zero-order valence-corrected chi connectivity index (χ0v) is 29.2. The van der Waals surface area contributed by atoms with Crippen LogP contribution in [0.4, 0.5) is 15.3 Å². The number of nitrogens with zero attached hydrogens (tertiary/aromatic N) is 5. The Labute approximate surface area is 293 Å². The molecule has 12 heteroatoms. The van der Waals surface area contributed by atoms with Crippen molar-refractivity contribution in [2.24, 2.45) is 0 Å². The Bertz CT molecular complexity index is 1770. The van der Waals surface area contributed by atoms with Gasteiger partial charge in [-0.3, -0.25) is 14.5 Å². The molecule has 3 aromatic rings. The van der Waals surface area contributed by atoms with E-state index in [1.54, 1.807) is 11.0 Å². The topological polar surface area (TPSA) is 122 Å². The summed E-state index contributed by atoms with van der Waals surface area (Å²) in [6.45, 7) is 8.46. The SMILES string of the molecule is Cc1cc(C[C@@H](OC(=O)N2CCC(N3CCc4ccccc4NC3=O)CC2)C(=O)N2CCN(C3CCN(C)CC3)CC2)cc2ccc(=O)[nH]c12. The van der Waals surface area contributed by atoms with Crippen molar-refractivity contribution in [3.05, 3.63) is 75.6 Å². The summed E-state index contributed by atoms with van der Waals surface area (Å²) in [6, 6.07) is 15.5. The second-order valence-electron chi connectivity index (χ2n) is 14.4. The number of pyridine rings is 1. The molecule has 0 aliphatic carbocycles. The molecule has 4 aliphatic rings. The highest BCUT2D eigenvalue weighted by atomic mass is 16.6. The Kier molecular flexibility index (Phi) is 10.1. The van der Waals surface area contributed by atoms with Crippen LogP contribution in [0.5, 0.6) is 0 Å². The van der Waals surface area contributed by atoms with Gasteiger partial charge in [-0.1, -0.05) is 24.3 Å². The number of H-pyrrole nitrogens is 1. The van der Waals surface area contributed by atoms with Gasteiger partial charge < -0.3 is 34.6 Å². The number of anilines is 1. The monoisotopic (exact) mass is 683 g/mol. The Morgan fingerprint density at radius 2 is 1.56 bits per heavy atom. The van der Waals surface area contributed by atoms with Crippen molar-refractivity contribution in [2.45, 2.75) is 63.6 Å². The van der Waals surface area contributed by atoms with Crippen molar-refractivity contribution in [1.82, 2.24) is 29.5 Å². The molecule has 2 N–H and O–H groups in total. The van der Waals surface area contributed by atoms with E-state index in [-0.39, 0.29) is 30.0 Å². The Morgan fingerprint density at radius 3 is 2.32 bits per heavy atom. The van der Waals surface area contributed by atoms with Crippen molar-refractivity contribution in [2.75, 3.05) is 71.3 Å². The average Bonchev–Trinajstić information content (AvgIpc) is 3.30. The number of piperazine rings is 1. The maximum Gasteiger partial charge on any atom is 0.410 e. The standard InChI is InChI=1S/C38H49N7O5/c1-26-23-27(24-29-7-8-34(46)40-35(26)29)25-33(36(47)43-21-19-42(20-22-43)30-10-14-41(2)15-11-30)50-38(49)44-16-12-31(13-17-44)45-18-9-28-5-3-4-6-32(28)39-37(45)48/h3-8,23-24,30-31,33H,9-22,25H2,1-2H3,(H,39,48)(H,40,46)/t33-/m1/s1. The van der Waals surface area contributed by atoms with Crippen LogP contribution in [0.2, 0.25) is 0 Å². The zero-order chi connectivity index (χ0) is 34.8. The van der Waals surface area contributed by atoms with E-state index in [0.29, 0.717) is 51.6 Å². The lowest BCUT2D eigenvalue weighted by Crippen LogP contribution is -2.56. The maximum atomic E-state index is 14.2. The predicted octanol–water partition coefficient (Wildman–Crippen LogP) is 3.68. The molecule has 12 nitrogen and oxygen atoms in total. The molecule has 3 saturated heterocycles. The first-order valence-electron chi connectivity index (χ1n) is 18.2. The number of hydrogen-bond donors (Lipinski definition) is 2. The van der Waals surface area contributed by atoms with Crippen molar-refractivity contribution in [1.29, 1.82) is 0 Å². The van der Waals surface area contributed by atoms with Crippen LogP contribution < -0.4 is 10.9 Å². The number of piperidine rings is 2. The molecule has 266 valence electrons. The van der Waals surface area contributed by atoms with Gasteiger partial charge in [0.1, 0.15) is 0 Å². The minimum atomic E-state index is -0.982. The number of aryl methyl sites for hydroxylation is 1. The molecule has 1 aromatic heterocycles. The molecular formula is C38H49N7O5. The van der Waals surface area contributed by atoms with Gasteiger partial charge in [0.2, 0.25) is 5.56 Å². The van der Waals surface area contributed by atoms with E-state index in [0.717, 1.165) is 78.7 Å². The Balaban J connectivity index is 1.02. The summed E-state index contributed by atoms with van der Waals surface area (Å²) >= 11 is 0. The van der Waals surface area contributed by atoms with E-state index in [2.05, 4.69) is 27.1 Å². The van der Waals surface area contributed by atoms with Gasteiger partial charge >= 0.3 is 12.1 Å². The van der Waals surface area contributed by atoms with Gasteiger partial charge in [-0.25, -0.2) is 9.59 Å². The third kappa shape index (κ3) is 7.51. The number of carbonyl (C=O) groups excluding carboxylic acids is 3. The van der Waals surface area contributed by atoms with Crippen LogP contribution in [0, 0.1) is 6.92 Å². The number of aromatic amines is 1. The number of para-hydroxylation sites is 1. The Hall–Kier alpha value is -4.42. The summed E-state index contributed by atoms with van der Waals surface area (Å²) in [5.74, 6) is -0.170. The van der Waals surface area contributed by atoms with Crippen LogP contribution in [0.15, 0.2) is 53.3 Å². The van der Waals surface area contributed by atoms with Crippen molar-refractivity contribution in [3.8, 4) is 0 Å². The lowest BCUT2D eigenvalue weighted by Gasteiger charge is -2.42. The fourth-order valence-electron chi connectivity index (χ4n) is 8.20. The summed E-state index contributed by atoms with van der Waals surface area (Å²) in [5, 5.41) is 3.92. The van der Waals surface area contributed by atoms with Crippen LogP contribution >= 0.6 is 0 Å². The van der Waals surface area contributed by atoms with Gasteiger partial charge in [0.15, 0.2) is 6.10 Å². The van der Waals surface area contributed by atoms with E-state index < -0.39 is 12.2 Å². The molecule has 0 unspecified atom stereocenters. The van der Waals surface area contributed by atoms with Crippen molar-refractivity contribution >= 4 is 34.6 Å². The minimum absolute atomic E-state index is 0.0127. The number of carbonyl (C=O) groups is 3. The average molecular weight is 684 g/mol. The first-order chi connectivity index (χ1) is 24.2. The maximum absolute atomic E-state index is 14.2. The minimum Gasteiger partial charge on any atom is -0.436 e. The van der Waals surface area contributed by atoms with Gasteiger partial charge in [-0.05, 0) is 99.4 Å². The van der Waals surface area contributed by atoms with Crippen LogP contribution in [-0.2, 0) is 22.4 Å². The predicted molar refractivity (Wildman–Crippen MR) is 192 cm³/mol. The number of amides is 4. The molecule has 0 spiro atoms. The molecule has 0 bridgehead atoms. The molecule has 0 radical (unpaired) electrons. The van der Waals surface area contributed by atoms with Crippen LogP contribution in [0.1, 0.15) is 42.4 Å². The van der Waals surface area contributed by atoms with Gasteiger partial charge in [-0.15, -0.1) is 0 Å². The fourth-order valence-corrected chi connectivity index (χ4v) is 8.20. The second-order valence-corrected chi connectivity index (χ2v) is 14.4. The highest BCUT2D eigenvalue weighted by Crippen LogP contribution is 2.26. The van der Waals surface area contributed by atoms with Crippen molar-refractivity contribution < 1.29 is 19.1 Å². The smallest absolute Gasteiger partial charge is 0.410 e. The molecule has 1 atom stereocenters. The highest BCUT2D eigenvalue weighted by molar-refractivity contribution is 5.91. The summed E-state index contributed by atoms with van der Waals surface area (Å²) in [4.78, 5) is 66.2. The lowest BCUT2D eigenvalue weighted by molar-refractivity contribution is -0.143. The zero-order valence-electron chi connectivity index (χ0n) is 29.2. The van der Waals surface area contributed by atoms with E-state index in [1.165, 1.54) is 6.07 Å². The molecule has 5 heterocycles. The third-order valence-electron chi connectivity index (χ3n) is 11.2. The Morgan fingerprint density at radius 1 is 0.840 bits per heavy atom. The number of urea groups is 1. The summed E-state index contributed by atoms with van der Waals surface area (Å²) in [5.41, 5.74) is 4.33. The first-order valence-corrected chi connectivity index (χ1v) is 18.2. The normalized spacial score (nSPS) is 20.7.